The Kier molecular flexibility index (Phi) is 6.81. The Labute approximate surface area is 191 Å². The van der Waals surface area contributed by atoms with Crippen LogP contribution < -0.4 is 4.74 Å². The summed E-state index contributed by atoms with van der Waals surface area (Å²) in [4.78, 5) is 17.4. The third-order valence-electron chi connectivity index (χ3n) is 6.81. The Hall–Kier alpha value is -2.84. The summed E-state index contributed by atoms with van der Waals surface area (Å²) in [5.74, 6) is 1.55. The Bertz CT molecular complexity index is 986. The van der Waals surface area contributed by atoms with Gasteiger partial charge < -0.3 is 9.64 Å². The minimum absolute atomic E-state index is 0.0445. The standard InChI is InChI=1S/C27H33N3O2/c1-21(2)19-32-25-9-4-3-7-24(25)18-29-13-10-27(20-29)11-14-30(15-12-27)26(31)23-8-5-6-22(16-23)17-28/h3-9,16,21H,10-15,18-20H2,1-2H3. The van der Waals surface area contributed by atoms with Gasteiger partial charge in [0.15, 0.2) is 0 Å². The van der Waals surface area contributed by atoms with E-state index in [4.69, 9.17) is 10.00 Å². The van der Waals surface area contributed by atoms with Gasteiger partial charge in [-0.15, -0.1) is 0 Å². The van der Waals surface area contributed by atoms with Crippen LogP contribution in [0, 0.1) is 22.7 Å². The molecule has 0 saturated carbocycles. The van der Waals surface area contributed by atoms with Crippen LogP contribution in [0.4, 0.5) is 0 Å². The summed E-state index contributed by atoms with van der Waals surface area (Å²) in [5, 5.41) is 9.11. The fourth-order valence-electron chi connectivity index (χ4n) is 4.93. The maximum absolute atomic E-state index is 12.9. The number of piperidine rings is 1. The first-order valence-electron chi connectivity index (χ1n) is 11.7. The van der Waals surface area contributed by atoms with Gasteiger partial charge in [-0.3, -0.25) is 9.69 Å². The average molecular weight is 432 g/mol. The Morgan fingerprint density at radius 1 is 1.09 bits per heavy atom. The lowest BCUT2D eigenvalue weighted by Crippen LogP contribution is -2.44. The van der Waals surface area contributed by atoms with Crippen molar-refractivity contribution in [1.29, 1.82) is 5.26 Å². The van der Waals surface area contributed by atoms with E-state index in [1.54, 1.807) is 18.2 Å². The molecule has 2 aliphatic rings. The van der Waals surface area contributed by atoms with E-state index in [0.29, 0.717) is 22.5 Å². The van der Waals surface area contributed by atoms with Crippen LogP contribution in [0.1, 0.15) is 54.6 Å². The smallest absolute Gasteiger partial charge is 0.253 e. The molecular weight excluding hydrogens is 398 g/mol. The van der Waals surface area contributed by atoms with Gasteiger partial charge in [0.1, 0.15) is 5.75 Å². The van der Waals surface area contributed by atoms with Crippen molar-refractivity contribution in [3.8, 4) is 11.8 Å². The summed E-state index contributed by atoms with van der Waals surface area (Å²) in [6.45, 7) is 9.75. The number of ether oxygens (including phenoxy) is 1. The Balaban J connectivity index is 1.34. The fourth-order valence-corrected chi connectivity index (χ4v) is 4.93. The minimum atomic E-state index is 0.0445. The van der Waals surface area contributed by atoms with E-state index in [1.807, 2.05) is 17.0 Å². The summed E-state index contributed by atoms with van der Waals surface area (Å²) < 4.78 is 6.05. The summed E-state index contributed by atoms with van der Waals surface area (Å²) in [6, 6.07) is 17.5. The van der Waals surface area contributed by atoms with Gasteiger partial charge in [0, 0.05) is 37.3 Å². The van der Waals surface area contributed by atoms with Crippen LogP contribution in [0.5, 0.6) is 5.75 Å². The zero-order chi connectivity index (χ0) is 22.6. The highest BCUT2D eigenvalue weighted by Gasteiger charge is 2.41. The first-order chi connectivity index (χ1) is 15.5. The van der Waals surface area contributed by atoms with Crippen LogP contribution in [0.2, 0.25) is 0 Å². The van der Waals surface area contributed by atoms with Crippen molar-refractivity contribution in [2.24, 2.45) is 11.3 Å². The van der Waals surface area contributed by atoms with Gasteiger partial charge in [-0.25, -0.2) is 0 Å². The molecule has 2 heterocycles. The van der Waals surface area contributed by atoms with Crippen molar-refractivity contribution in [3.63, 3.8) is 0 Å². The van der Waals surface area contributed by atoms with Crippen LogP contribution in [0.15, 0.2) is 48.5 Å². The number of carbonyl (C=O) groups is 1. The maximum atomic E-state index is 12.9. The molecule has 2 aromatic carbocycles. The van der Waals surface area contributed by atoms with Crippen LogP contribution in [0.3, 0.4) is 0 Å². The van der Waals surface area contributed by atoms with E-state index in [1.165, 1.54) is 12.0 Å². The molecule has 2 fully saturated rings. The summed E-state index contributed by atoms with van der Waals surface area (Å²) in [6.07, 6.45) is 3.27. The lowest BCUT2D eigenvalue weighted by atomic mass is 9.77. The molecule has 5 heteroatoms. The predicted octanol–water partition coefficient (Wildman–Crippen LogP) is 4.72. The second kappa shape index (κ2) is 9.75. The number of amides is 1. The predicted molar refractivity (Wildman–Crippen MR) is 125 cm³/mol. The maximum Gasteiger partial charge on any atom is 0.253 e. The molecule has 0 radical (unpaired) electrons. The Morgan fingerprint density at radius 3 is 2.59 bits per heavy atom. The molecule has 1 amide bonds. The highest BCUT2D eigenvalue weighted by molar-refractivity contribution is 5.94. The van der Waals surface area contributed by atoms with Gasteiger partial charge in [-0.05, 0) is 61.4 Å². The first kappa shape index (κ1) is 22.4. The molecular formula is C27H33N3O2. The van der Waals surface area contributed by atoms with E-state index in [2.05, 4.69) is 43.0 Å². The molecule has 5 nitrogen and oxygen atoms in total. The molecule has 2 saturated heterocycles. The van der Waals surface area contributed by atoms with Crippen molar-refractivity contribution in [1.82, 2.24) is 9.80 Å². The number of nitrogens with zero attached hydrogens (tertiary/aromatic N) is 3. The summed E-state index contributed by atoms with van der Waals surface area (Å²) in [7, 11) is 0. The topological polar surface area (TPSA) is 56.6 Å². The minimum Gasteiger partial charge on any atom is -0.493 e. The van der Waals surface area contributed by atoms with Gasteiger partial charge >= 0.3 is 0 Å². The number of carbonyl (C=O) groups excluding carboxylic acids is 1. The summed E-state index contributed by atoms with van der Waals surface area (Å²) >= 11 is 0. The van der Waals surface area contributed by atoms with Crippen LogP contribution >= 0.6 is 0 Å². The van der Waals surface area contributed by atoms with Gasteiger partial charge in [-0.1, -0.05) is 38.1 Å². The normalized spacial score (nSPS) is 18.1. The zero-order valence-corrected chi connectivity index (χ0v) is 19.2. The molecule has 4 rings (SSSR count). The molecule has 2 aliphatic heterocycles. The number of likely N-dealkylation sites (tertiary alicyclic amines) is 2. The Morgan fingerprint density at radius 2 is 1.84 bits per heavy atom. The zero-order valence-electron chi connectivity index (χ0n) is 19.2. The molecule has 1 spiro atoms. The number of nitriles is 1. The second-order valence-electron chi connectivity index (χ2n) is 9.76. The fraction of sp³-hybridized carbons (Fsp3) is 0.481. The van der Waals surface area contributed by atoms with Crippen molar-refractivity contribution < 1.29 is 9.53 Å². The molecule has 32 heavy (non-hydrogen) atoms. The van der Waals surface area contributed by atoms with Crippen molar-refractivity contribution >= 4 is 5.91 Å². The quantitative estimate of drug-likeness (QED) is 0.664. The summed E-state index contributed by atoms with van der Waals surface area (Å²) in [5.41, 5.74) is 2.72. The largest absolute Gasteiger partial charge is 0.493 e. The SMILES string of the molecule is CC(C)COc1ccccc1CN1CCC2(CCN(C(=O)c3cccc(C#N)c3)CC2)C1. The number of hydrogen-bond donors (Lipinski definition) is 0. The second-order valence-corrected chi connectivity index (χ2v) is 9.76. The lowest BCUT2D eigenvalue weighted by Gasteiger charge is -2.39. The van der Waals surface area contributed by atoms with Crippen LogP contribution in [0.25, 0.3) is 0 Å². The van der Waals surface area contributed by atoms with Gasteiger partial charge in [-0.2, -0.15) is 5.26 Å². The molecule has 2 aromatic rings. The van der Waals surface area contributed by atoms with E-state index in [0.717, 1.165) is 57.9 Å². The van der Waals surface area contributed by atoms with Crippen LogP contribution in [-0.4, -0.2) is 48.5 Å². The monoisotopic (exact) mass is 431 g/mol. The molecule has 0 aromatic heterocycles. The molecule has 0 atom stereocenters. The molecule has 0 bridgehead atoms. The van der Waals surface area contributed by atoms with Crippen molar-refractivity contribution in [3.05, 3.63) is 65.2 Å². The van der Waals surface area contributed by atoms with Gasteiger partial charge in [0.2, 0.25) is 0 Å². The highest BCUT2D eigenvalue weighted by Crippen LogP contribution is 2.41. The van der Waals surface area contributed by atoms with Crippen LogP contribution in [-0.2, 0) is 6.54 Å². The third kappa shape index (κ3) is 5.14. The first-order valence-corrected chi connectivity index (χ1v) is 11.7. The highest BCUT2D eigenvalue weighted by atomic mass is 16.5. The lowest BCUT2D eigenvalue weighted by molar-refractivity contribution is 0.0587. The molecule has 0 aliphatic carbocycles. The van der Waals surface area contributed by atoms with Crippen molar-refractivity contribution in [2.75, 3.05) is 32.8 Å². The number of para-hydroxylation sites is 1. The number of benzene rings is 2. The van der Waals surface area contributed by atoms with E-state index in [-0.39, 0.29) is 5.91 Å². The van der Waals surface area contributed by atoms with Gasteiger partial charge in [0.05, 0.1) is 18.2 Å². The van der Waals surface area contributed by atoms with Crippen molar-refractivity contribution in [2.45, 2.75) is 39.7 Å². The molecule has 168 valence electrons. The number of hydrogen-bond acceptors (Lipinski definition) is 4. The van der Waals surface area contributed by atoms with E-state index >= 15 is 0 Å². The third-order valence-corrected chi connectivity index (χ3v) is 6.81. The average Bonchev–Trinajstić information content (AvgIpc) is 3.20. The molecule has 0 N–H and O–H groups in total. The van der Waals surface area contributed by atoms with E-state index in [9.17, 15) is 4.79 Å². The number of rotatable bonds is 6. The van der Waals surface area contributed by atoms with E-state index < -0.39 is 0 Å². The van der Waals surface area contributed by atoms with Gasteiger partial charge in [0.25, 0.3) is 5.91 Å². The molecule has 0 unspecified atom stereocenters.